The van der Waals surface area contributed by atoms with Gasteiger partial charge in [-0.2, -0.15) is 18.3 Å². The van der Waals surface area contributed by atoms with Gasteiger partial charge in [0.05, 0.1) is 18.8 Å². The lowest BCUT2D eigenvalue weighted by molar-refractivity contribution is -0.134. The van der Waals surface area contributed by atoms with Crippen LogP contribution in [0.5, 0.6) is 0 Å². The molecule has 9 nitrogen and oxygen atoms in total. The van der Waals surface area contributed by atoms with Crippen molar-refractivity contribution in [2.24, 2.45) is 10.8 Å². The van der Waals surface area contributed by atoms with Gasteiger partial charge in [0.1, 0.15) is 21.8 Å². The Hall–Kier alpha value is -2.25. The SMILES string of the molecule is O=C(N1CC2(CC(n3cnc(C4(O)CC4)n3)C2)C1)N1CC2(CN(Cc3ncc(C(F)(F)F)s3)C2)C1. The Morgan fingerprint density at radius 2 is 1.71 bits per heavy atom. The molecule has 0 aromatic carbocycles. The summed E-state index contributed by atoms with van der Waals surface area (Å²) < 4.78 is 40.1. The molecule has 7 rings (SSSR count). The maximum atomic E-state index is 12.9. The summed E-state index contributed by atoms with van der Waals surface area (Å²) in [6, 6.07) is 0.381. The molecule has 2 amide bonds. The fourth-order valence-electron chi connectivity index (χ4n) is 6.31. The molecule has 5 aliphatic rings. The fourth-order valence-corrected chi connectivity index (χ4v) is 7.14. The molecule has 2 spiro atoms. The number of aromatic nitrogens is 4. The molecular weight excluding hydrogens is 483 g/mol. The minimum atomic E-state index is -4.34. The zero-order valence-corrected chi connectivity index (χ0v) is 19.9. The minimum absolute atomic E-state index is 0.0837. The number of alkyl halides is 3. The predicted octanol–water partition coefficient (Wildman–Crippen LogP) is 2.31. The number of hydrogen-bond acceptors (Lipinski definition) is 7. The van der Waals surface area contributed by atoms with E-state index in [2.05, 4.69) is 20.0 Å². The van der Waals surface area contributed by atoms with E-state index in [1.807, 2.05) is 14.5 Å². The topological polar surface area (TPSA) is 90.6 Å². The van der Waals surface area contributed by atoms with Crippen molar-refractivity contribution in [2.45, 2.75) is 50.0 Å². The second-order valence-electron chi connectivity index (χ2n) is 11.4. The summed E-state index contributed by atoms with van der Waals surface area (Å²) in [4.78, 5) is 26.3. The molecule has 2 aromatic heterocycles. The number of carbonyl (C=O) groups is 1. The quantitative estimate of drug-likeness (QED) is 0.681. The second-order valence-corrected chi connectivity index (χ2v) is 12.5. The van der Waals surface area contributed by atoms with Gasteiger partial charge in [0, 0.05) is 50.1 Å². The molecule has 5 fully saturated rings. The lowest BCUT2D eigenvalue weighted by Crippen LogP contribution is -2.75. The van der Waals surface area contributed by atoms with Gasteiger partial charge in [-0.05, 0) is 25.7 Å². The lowest BCUT2D eigenvalue weighted by Gasteiger charge is -2.63. The Labute approximate surface area is 203 Å². The van der Waals surface area contributed by atoms with Gasteiger partial charge in [-0.1, -0.05) is 0 Å². The fraction of sp³-hybridized carbons (Fsp3) is 0.727. The summed E-state index contributed by atoms with van der Waals surface area (Å²) in [5.74, 6) is 0.530. The molecule has 2 saturated carbocycles. The first-order chi connectivity index (χ1) is 16.5. The van der Waals surface area contributed by atoms with E-state index in [0.29, 0.717) is 41.8 Å². The van der Waals surface area contributed by atoms with Crippen LogP contribution >= 0.6 is 11.3 Å². The van der Waals surface area contributed by atoms with Crippen molar-refractivity contribution in [3.63, 3.8) is 0 Å². The summed E-state index contributed by atoms with van der Waals surface area (Å²) in [5, 5.41) is 15.1. The van der Waals surface area contributed by atoms with Crippen LogP contribution < -0.4 is 0 Å². The van der Waals surface area contributed by atoms with Gasteiger partial charge in [-0.15, -0.1) is 11.3 Å². The lowest BCUT2D eigenvalue weighted by atomic mass is 9.60. The highest BCUT2D eigenvalue weighted by Crippen LogP contribution is 2.55. The monoisotopic (exact) mass is 509 g/mol. The molecule has 2 aliphatic carbocycles. The number of nitrogens with zero attached hydrogens (tertiary/aromatic N) is 7. The van der Waals surface area contributed by atoms with Crippen LogP contribution in [0.15, 0.2) is 12.5 Å². The Morgan fingerprint density at radius 1 is 1.06 bits per heavy atom. The van der Waals surface area contributed by atoms with Crippen LogP contribution in [0, 0.1) is 10.8 Å². The first-order valence-electron chi connectivity index (χ1n) is 12.0. The summed E-state index contributed by atoms with van der Waals surface area (Å²) in [5.41, 5.74) is -0.544. The number of aliphatic hydroxyl groups is 1. The van der Waals surface area contributed by atoms with E-state index >= 15 is 0 Å². The Kier molecular flexibility index (Phi) is 4.36. The Morgan fingerprint density at radius 3 is 2.31 bits per heavy atom. The number of thiazole rings is 1. The molecule has 5 heterocycles. The van der Waals surface area contributed by atoms with Crippen LogP contribution in [0.1, 0.15) is 47.4 Å². The third-order valence-corrected chi connectivity index (χ3v) is 9.34. The predicted molar refractivity (Wildman–Crippen MR) is 117 cm³/mol. The van der Waals surface area contributed by atoms with Crippen LogP contribution in [0.3, 0.4) is 0 Å². The molecule has 0 unspecified atom stereocenters. The minimum Gasteiger partial charge on any atom is -0.382 e. The van der Waals surface area contributed by atoms with Gasteiger partial charge in [-0.3, -0.25) is 4.90 Å². The molecule has 3 saturated heterocycles. The standard InChI is InChI=1S/C22H26F3N7O2S/c23-22(24,25)15-5-26-16(35-15)6-29-7-20(8-29)11-31(12-20)18(33)30-9-19(10-30)3-14(4-19)32-13-27-17(28-32)21(34)1-2-21/h5,13-14,34H,1-4,6-12H2. The Bertz CT molecular complexity index is 1160. The van der Waals surface area contributed by atoms with Crippen LogP contribution in [0.2, 0.25) is 0 Å². The Balaban J connectivity index is 0.845. The third-order valence-electron chi connectivity index (χ3n) is 8.32. The van der Waals surface area contributed by atoms with Gasteiger partial charge in [-0.25, -0.2) is 19.4 Å². The van der Waals surface area contributed by atoms with E-state index < -0.39 is 16.7 Å². The average molecular weight is 510 g/mol. The first kappa shape index (κ1) is 22.0. The molecule has 188 valence electrons. The van der Waals surface area contributed by atoms with Crippen molar-refractivity contribution in [1.29, 1.82) is 0 Å². The van der Waals surface area contributed by atoms with Gasteiger partial charge in [0.2, 0.25) is 0 Å². The van der Waals surface area contributed by atoms with Crippen LogP contribution in [-0.2, 0) is 18.3 Å². The summed E-state index contributed by atoms with van der Waals surface area (Å²) in [7, 11) is 0. The van der Waals surface area contributed by atoms with Gasteiger partial charge < -0.3 is 14.9 Å². The molecule has 0 radical (unpaired) electrons. The van der Waals surface area contributed by atoms with Crippen molar-refractivity contribution in [3.05, 3.63) is 28.2 Å². The summed E-state index contributed by atoms with van der Waals surface area (Å²) >= 11 is 0.705. The molecule has 2 aromatic rings. The zero-order valence-electron chi connectivity index (χ0n) is 19.0. The number of rotatable bonds is 4. The normalized spacial score (nSPS) is 26.3. The van der Waals surface area contributed by atoms with Gasteiger partial charge in [0.25, 0.3) is 0 Å². The van der Waals surface area contributed by atoms with Gasteiger partial charge in [0.15, 0.2) is 5.82 Å². The number of likely N-dealkylation sites (tertiary alicyclic amines) is 3. The maximum absolute atomic E-state index is 12.9. The van der Waals surface area contributed by atoms with Crippen molar-refractivity contribution in [3.8, 4) is 0 Å². The largest absolute Gasteiger partial charge is 0.427 e. The first-order valence-corrected chi connectivity index (χ1v) is 12.8. The second kappa shape index (κ2) is 6.94. The molecule has 35 heavy (non-hydrogen) atoms. The average Bonchev–Trinajstić information content (AvgIpc) is 3.10. The van der Waals surface area contributed by atoms with Crippen molar-refractivity contribution in [1.82, 2.24) is 34.4 Å². The molecule has 13 heteroatoms. The van der Waals surface area contributed by atoms with Crippen LogP contribution in [0.4, 0.5) is 18.0 Å². The van der Waals surface area contributed by atoms with Crippen LogP contribution in [0.25, 0.3) is 0 Å². The number of halogens is 3. The summed E-state index contributed by atoms with van der Waals surface area (Å²) in [6.45, 7) is 4.98. The van der Waals surface area contributed by atoms with E-state index in [1.165, 1.54) is 0 Å². The van der Waals surface area contributed by atoms with Gasteiger partial charge >= 0.3 is 12.2 Å². The van der Waals surface area contributed by atoms with Crippen molar-refractivity contribution < 1.29 is 23.1 Å². The number of carbonyl (C=O) groups excluding carboxylic acids is 1. The van der Waals surface area contributed by atoms with Crippen molar-refractivity contribution >= 4 is 17.4 Å². The molecular formula is C22H26F3N7O2S. The van der Waals surface area contributed by atoms with E-state index in [9.17, 15) is 23.1 Å². The highest BCUT2D eigenvalue weighted by Gasteiger charge is 2.58. The number of hydrogen-bond donors (Lipinski definition) is 1. The van der Waals surface area contributed by atoms with Crippen molar-refractivity contribution in [2.75, 3.05) is 39.3 Å². The molecule has 3 aliphatic heterocycles. The molecule has 0 atom stereocenters. The summed E-state index contributed by atoms with van der Waals surface area (Å²) in [6.07, 6.45) is 1.70. The number of amides is 2. The zero-order chi connectivity index (χ0) is 24.2. The highest BCUT2D eigenvalue weighted by atomic mass is 32.1. The van der Waals surface area contributed by atoms with Crippen LogP contribution in [-0.4, -0.2) is 84.9 Å². The van der Waals surface area contributed by atoms with E-state index in [1.54, 1.807) is 6.33 Å². The molecule has 0 bridgehead atoms. The smallest absolute Gasteiger partial charge is 0.382 e. The van der Waals surface area contributed by atoms with E-state index in [-0.39, 0.29) is 22.9 Å². The highest BCUT2D eigenvalue weighted by molar-refractivity contribution is 7.11. The van der Waals surface area contributed by atoms with E-state index in [4.69, 9.17) is 0 Å². The number of urea groups is 1. The third kappa shape index (κ3) is 3.57. The maximum Gasteiger partial charge on any atom is 0.427 e. The molecule has 1 N–H and O–H groups in total. The van der Waals surface area contributed by atoms with E-state index in [0.717, 1.165) is 58.1 Å².